The number of amides is 1. The van der Waals surface area contributed by atoms with Crippen LogP contribution in [0, 0.1) is 0 Å². The molecule has 1 aliphatic rings. The van der Waals surface area contributed by atoms with Gasteiger partial charge in [-0.1, -0.05) is 19.1 Å². The van der Waals surface area contributed by atoms with E-state index in [1.165, 1.54) is 12.0 Å². The molecule has 0 spiro atoms. The number of hydrogen-bond donors (Lipinski definition) is 1. The van der Waals surface area contributed by atoms with Crippen LogP contribution in [-0.4, -0.2) is 22.9 Å². The summed E-state index contributed by atoms with van der Waals surface area (Å²) < 4.78 is 0. The van der Waals surface area contributed by atoms with Crippen LogP contribution in [0.2, 0.25) is 0 Å². The number of hydrogen-bond acceptors (Lipinski definition) is 2. The van der Waals surface area contributed by atoms with Crippen LogP contribution in [-0.2, 0) is 4.79 Å². The van der Waals surface area contributed by atoms with Crippen molar-refractivity contribution in [3.63, 3.8) is 0 Å². The average molecular weight is 274 g/mol. The molecule has 3 heteroatoms. The van der Waals surface area contributed by atoms with Crippen molar-refractivity contribution in [3.05, 3.63) is 29.8 Å². The highest BCUT2D eigenvalue weighted by atomic mass is 16.2. The van der Waals surface area contributed by atoms with E-state index in [0.29, 0.717) is 18.5 Å². The van der Waals surface area contributed by atoms with Gasteiger partial charge in [-0.2, -0.15) is 0 Å². The van der Waals surface area contributed by atoms with Crippen LogP contribution >= 0.6 is 0 Å². The molecule has 0 saturated carbocycles. The number of rotatable bonds is 3. The van der Waals surface area contributed by atoms with Crippen molar-refractivity contribution in [2.24, 2.45) is 0 Å². The van der Waals surface area contributed by atoms with Crippen LogP contribution in [0.5, 0.6) is 0 Å². The summed E-state index contributed by atoms with van der Waals surface area (Å²) in [7, 11) is 0. The van der Waals surface area contributed by atoms with Crippen LogP contribution in [0.3, 0.4) is 0 Å². The number of nitrogens with zero attached hydrogens (tertiary/aromatic N) is 1. The van der Waals surface area contributed by atoms with Crippen LogP contribution in [0.1, 0.15) is 57.9 Å². The second-order valence-electron chi connectivity index (χ2n) is 6.20. The molecule has 3 atom stereocenters. The highest BCUT2D eigenvalue weighted by Gasteiger charge is 2.29. The fourth-order valence-electron chi connectivity index (χ4n) is 3.22. The van der Waals surface area contributed by atoms with Gasteiger partial charge in [0.25, 0.3) is 0 Å². The van der Waals surface area contributed by atoms with E-state index in [-0.39, 0.29) is 11.8 Å². The van der Waals surface area contributed by atoms with Gasteiger partial charge >= 0.3 is 0 Å². The number of piperidine rings is 1. The summed E-state index contributed by atoms with van der Waals surface area (Å²) in [5, 5.41) is 0. The summed E-state index contributed by atoms with van der Waals surface area (Å²) in [5.41, 5.74) is 7.66. The van der Waals surface area contributed by atoms with Crippen LogP contribution in [0.25, 0.3) is 0 Å². The molecule has 1 fully saturated rings. The molecule has 1 heterocycles. The fourth-order valence-corrected chi connectivity index (χ4v) is 3.22. The second-order valence-corrected chi connectivity index (χ2v) is 6.20. The van der Waals surface area contributed by atoms with Gasteiger partial charge in [0.15, 0.2) is 0 Å². The Morgan fingerprint density at radius 3 is 2.35 bits per heavy atom. The zero-order chi connectivity index (χ0) is 14.7. The third-order valence-corrected chi connectivity index (χ3v) is 4.47. The number of nitrogens with two attached hydrogens (primary N) is 1. The molecule has 2 rings (SSSR count). The maximum absolute atomic E-state index is 12.6. The van der Waals surface area contributed by atoms with E-state index < -0.39 is 0 Å². The van der Waals surface area contributed by atoms with Crippen molar-refractivity contribution in [1.29, 1.82) is 0 Å². The van der Waals surface area contributed by atoms with E-state index in [0.717, 1.165) is 18.5 Å². The monoisotopic (exact) mass is 274 g/mol. The molecule has 3 nitrogen and oxygen atoms in total. The zero-order valence-corrected chi connectivity index (χ0v) is 12.8. The summed E-state index contributed by atoms with van der Waals surface area (Å²) in [6.45, 7) is 6.45. The molecule has 0 radical (unpaired) electrons. The maximum Gasteiger partial charge on any atom is 0.223 e. The Morgan fingerprint density at radius 2 is 1.80 bits per heavy atom. The number of carbonyl (C=O) groups excluding carboxylic acids is 1. The minimum atomic E-state index is 0.240. The Hall–Kier alpha value is -1.51. The molecule has 1 unspecified atom stereocenters. The van der Waals surface area contributed by atoms with E-state index in [9.17, 15) is 4.79 Å². The van der Waals surface area contributed by atoms with Crippen molar-refractivity contribution in [2.75, 3.05) is 5.73 Å². The van der Waals surface area contributed by atoms with Gasteiger partial charge < -0.3 is 10.6 Å². The summed E-state index contributed by atoms with van der Waals surface area (Å²) in [4.78, 5) is 14.7. The van der Waals surface area contributed by atoms with Gasteiger partial charge in [0.2, 0.25) is 5.91 Å². The first-order valence-electron chi connectivity index (χ1n) is 7.65. The van der Waals surface area contributed by atoms with E-state index in [4.69, 9.17) is 5.73 Å². The number of carbonyl (C=O) groups is 1. The Balaban J connectivity index is 2.01. The predicted octanol–water partition coefficient (Wildman–Crippen LogP) is 3.55. The van der Waals surface area contributed by atoms with E-state index in [1.807, 2.05) is 24.3 Å². The largest absolute Gasteiger partial charge is 0.399 e. The van der Waals surface area contributed by atoms with Gasteiger partial charge in [-0.15, -0.1) is 0 Å². The molecule has 2 N–H and O–H groups in total. The molecule has 1 saturated heterocycles. The quantitative estimate of drug-likeness (QED) is 0.857. The lowest BCUT2D eigenvalue weighted by atomic mass is 9.93. The number of benzene rings is 1. The Labute approximate surface area is 122 Å². The first-order chi connectivity index (χ1) is 9.49. The molecule has 110 valence electrons. The zero-order valence-electron chi connectivity index (χ0n) is 12.8. The molecular weight excluding hydrogens is 248 g/mol. The molecule has 0 bridgehead atoms. The minimum absolute atomic E-state index is 0.240. The lowest BCUT2D eigenvalue weighted by Gasteiger charge is -2.39. The number of anilines is 1. The second kappa shape index (κ2) is 6.29. The van der Waals surface area contributed by atoms with Gasteiger partial charge in [0.1, 0.15) is 0 Å². The normalized spacial score (nSPS) is 24.4. The van der Waals surface area contributed by atoms with Crippen LogP contribution in [0.4, 0.5) is 5.69 Å². The topological polar surface area (TPSA) is 46.3 Å². The van der Waals surface area contributed by atoms with Crippen molar-refractivity contribution in [2.45, 2.75) is 64.5 Å². The van der Waals surface area contributed by atoms with Gasteiger partial charge in [0.05, 0.1) is 0 Å². The molecular formula is C17H26N2O. The highest BCUT2D eigenvalue weighted by molar-refractivity contribution is 5.78. The summed E-state index contributed by atoms with van der Waals surface area (Å²) in [6, 6.07) is 8.62. The Kier molecular flexibility index (Phi) is 4.69. The fraction of sp³-hybridized carbons (Fsp3) is 0.588. The van der Waals surface area contributed by atoms with E-state index in [2.05, 4.69) is 25.7 Å². The summed E-state index contributed by atoms with van der Waals surface area (Å²) >= 11 is 0. The molecule has 1 aromatic carbocycles. The van der Waals surface area contributed by atoms with Gasteiger partial charge in [-0.3, -0.25) is 4.79 Å². The Morgan fingerprint density at radius 1 is 1.25 bits per heavy atom. The van der Waals surface area contributed by atoms with E-state index >= 15 is 0 Å². The lowest BCUT2D eigenvalue weighted by molar-refractivity contribution is -0.137. The first-order valence-corrected chi connectivity index (χ1v) is 7.65. The molecule has 1 amide bonds. The van der Waals surface area contributed by atoms with Crippen molar-refractivity contribution < 1.29 is 4.79 Å². The Bertz CT molecular complexity index is 445. The SMILES string of the molecule is CC(CC(=O)N1[C@H](C)CCC[C@@H]1C)c1ccc(N)cc1. The van der Waals surface area contributed by atoms with Crippen molar-refractivity contribution in [1.82, 2.24) is 4.90 Å². The lowest BCUT2D eigenvalue weighted by Crippen LogP contribution is -2.47. The molecule has 20 heavy (non-hydrogen) atoms. The average Bonchev–Trinajstić information content (AvgIpc) is 2.39. The van der Waals surface area contributed by atoms with Gasteiger partial charge in [-0.05, 0) is 56.7 Å². The molecule has 1 aromatic rings. The van der Waals surface area contributed by atoms with Crippen LogP contribution in [0.15, 0.2) is 24.3 Å². The summed E-state index contributed by atoms with van der Waals surface area (Å²) in [5.74, 6) is 0.526. The number of likely N-dealkylation sites (tertiary alicyclic amines) is 1. The first kappa shape index (κ1) is 14.9. The third kappa shape index (κ3) is 3.33. The number of nitrogen functional groups attached to an aromatic ring is 1. The minimum Gasteiger partial charge on any atom is -0.399 e. The van der Waals surface area contributed by atoms with Crippen molar-refractivity contribution in [3.8, 4) is 0 Å². The molecule has 1 aliphatic heterocycles. The van der Waals surface area contributed by atoms with Gasteiger partial charge in [-0.25, -0.2) is 0 Å². The molecule has 0 aliphatic carbocycles. The predicted molar refractivity (Wildman–Crippen MR) is 83.5 cm³/mol. The van der Waals surface area contributed by atoms with E-state index in [1.54, 1.807) is 0 Å². The maximum atomic E-state index is 12.6. The standard InChI is InChI=1S/C17H26N2O/c1-12(15-7-9-16(18)10-8-15)11-17(20)19-13(2)5-4-6-14(19)3/h7-10,12-14H,4-6,11,18H2,1-3H3/t12?,13-,14+. The third-order valence-electron chi connectivity index (χ3n) is 4.47. The van der Waals surface area contributed by atoms with Crippen LogP contribution < -0.4 is 5.73 Å². The van der Waals surface area contributed by atoms with Gasteiger partial charge in [0, 0.05) is 24.2 Å². The molecule has 0 aromatic heterocycles. The van der Waals surface area contributed by atoms with Crippen molar-refractivity contribution >= 4 is 11.6 Å². The summed E-state index contributed by atoms with van der Waals surface area (Å²) in [6.07, 6.45) is 4.08. The highest BCUT2D eigenvalue weighted by Crippen LogP contribution is 2.27. The smallest absolute Gasteiger partial charge is 0.223 e.